The number of carbonyl (C=O) groups is 2. The summed E-state index contributed by atoms with van der Waals surface area (Å²) in [6, 6.07) is 9.34. The number of para-hydroxylation sites is 1. The number of morpholine rings is 1. The van der Waals surface area contributed by atoms with Gasteiger partial charge in [0.1, 0.15) is 17.3 Å². The van der Waals surface area contributed by atoms with Crippen molar-refractivity contribution >= 4 is 44.1 Å². The number of ketones is 1. The third kappa shape index (κ3) is 6.50. The van der Waals surface area contributed by atoms with E-state index >= 15 is 0 Å². The average molecular weight is 682 g/mol. The van der Waals surface area contributed by atoms with Crippen molar-refractivity contribution in [3.8, 4) is 23.1 Å². The number of aromatic amines is 1. The van der Waals surface area contributed by atoms with Crippen LogP contribution < -0.4 is 19.9 Å². The summed E-state index contributed by atoms with van der Waals surface area (Å²) < 4.78 is 73.5. The highest BCUT2D eigenvalue weighted by molar-refractivity contribution is 7.93. The number of rotatable bonds is 10. The van der Waals surface area contributed by atoms with Gasteiger partial charge in [0.15, 0.2) is 11.6 Å². The number of amides is 1. The van der Waals surface area contributed by atoms with Crippen molar-refractivity contribution in [3.05, 3.63) is 83.3 Å². The summed E-state index contributed by atoms with van der Waals surface area (Å²) in [5.41, 5.74) is 7.93. The zero-order valence-corrected chi connectivity index (χ0v) is 26.4. The third-order valence-corrected chi connectivity index (χ3v) is 8.75. The molecule has 1 saturated heterocycles. The zero-order chi connectivity index (χ0) is 34.2. The Labute approximate surface area is 272 Å². The maximum absolute atomic E-state index is 14.0. The maximum Gasteiger partial charge on any atom is 0.241 e. The second-order valence-corrected chi connectivity index (χ2v) is 12.5. The van der Waals surface area contributed by atoms with E-state index in [0.717, 1.165) is 12.1 Å². The molecule has 0 bridgehead atoms. The quantitative estimate of drug-likeness (QED) is 0.184. The summed E-state index contributed by atoms with van der Waals surface area (Å²) in [6.45, 7) is 2.97. The number of sulfonamides is 1. The molecule has 0 saturated carbocycles. The number of benzene rings is 2. The van der Waals surface area contributed by atoms with Crippen LogP contribution in [0.3, 0.4) is 0 Å². The van der Waals surface area contributed by atoms with E-state index in [2.05, 4.69) is 19.8 Å². The Morgan fingerprint density at radius 3 is 2.52 bits per heavy atom. The smallest absolute Gasteiger partial charge is 0.241 e. The van der Waals surface area contributed by atoms with Crippen molar-refractivity contribution in [3.63, 3.8) is 0 Å². The van der Waals surface area contributed by atoms with Crippen LogP contribution in [0.25, 0.3) is 16.6 Å². The van der Waals surface area contributed by atoms with Gasteiger partial charge in [-0.15, -0.1) is 0 Å². The molecule has 14 nitrogen and oxygen atoms in total. The summed E-state index contributed by atoms with van der Waals surface area (Å²) in [5.74, 6) is -4.09. The number of pyridine rings is 1. The van der Waals surface area contributed by atoms with E-state index in [0.29, 0.717) is 48.5 Å². The highest BCUT2D eigenvalue weighted by atomic mass is 32.2. The summed E-state index contributed by atoms with van der Waals surface area (Å²) in [5, 5.41) is 4.79. The lowest BCUT2D eigenvalue weighted by atomic mass is 10.1. The van der Waals surface area contributed by atoms with Crippen molar-refractivity contribution < 1.29 is 41.0 Å². The van der Waals surface area contributed by atoms with E-state index in [1.54, 1.807) is 19.1 Å². The van der Waals surface area contributed by atoms with Crippen LogP contribution in [0.1, 0.15) is 21.6 Å². The number of hydrogen-bond acceptors (Lipinski definition) is 10. The largest absolute Gasteiger partial charge is 0.495 e. The molecular formula is C31H29F2N7O7S. The second kappa shape index (κ2) is 12.9. The van der Waals surface area contributed by atoms with Crippen molar-refractivity contribution in [1.29, 1.82) is 0 Å². The Kier molecular flexibility index (Phi) is 8.72. The first-order chi connectivity index (χ1) is 22.9. The molecule has 1 aliphatic rings. The number of nitrogens with zero attached hydrogens (tertiary/aromatic N) is 4. The van der Waals surface area contributed by atoms with Gasteiger partial charge >= 0.3 is 0 Å². The number of ether oxygens (including phenoxy) is 3. The number of halogens is 2. The SMILES string of the molecule is COc1cc2cc(C(=O)c3cnn(-c4cnc(Oc5c(F)cccc5F)cc4C)c3N)[nH]c2cc1NS(=O)(=O)CC(=O)N1CCOCC1. The first-order valence-corrected chi connectivity index (χ1v) is 16.1. The molecule has 250 valence electrons. The lowest BCUT2D eigenvalue weighted by molar-refractivity contribution is -0.132. The molecule has 1 fully saturated rings. The number of hydrogen-bond donors (Lipinski definition) is 3. The predicted octanol–water partition coefficient (Wildman–Crippen LogP) is 3.55. The minimum absolute atomic E-state index is 0.00617. The van der Waals surface area contributed by atoms with Gasteiger partial charge in [-0.25, -0.2) is 26.9 Å². The van der Waals surface area contributed by atoms with E-state index in [-0.39, 0.29) is 34.4 Å². The number of aryl methyl sites for hydroxylation is 1. The molecule has 1 aliphatic heterocycles. The molecule has 4 heterocycles. The van der Waals surface area contributed by atoms with Crippen molar-refractivity contribution in [2.24, 2.45) is 0 Å². The molecule has 0 atom stereocenters. The fourth-order valence-electron chi connectivity index (χ4n) is 5.16. The van der Waals surface area contributed by atoms with E-state index in [9.17, 15) is 26.8 Å². The minimum Gasteiger partial charge on any atom is -0.495 e. The molecule has 3 aromatic heterocycles. The monoisotopic (exact) mass is 681 g/mol. The van der Waals surface area contributed by atoms with Crippen LogP contribution in [0.2, 0.25) is 0 Å². The van der Waals surface area contributed by atoms with Crippen LogP contribution in [-0.4, -0.2) is 83.9 Å². The van der Waals surface area contributed by atoms with Crippen molar-refractivity contribution in [1.82, 2.24) is 24.6 Å². The minimum atomic E-state index is -4.11. The van der Waals surface area contributed by atoms with E-state index < -0.39 is 44.9 Å². The van der Waals surface area contributed by atoms with Gasteiger partial charge in [-0.05, 0) is 42.8 Å². The molecule has 6 rings (SSSR count). The van der Waals surface area contributed by atoms with Gasteiger partial charge in [-0.3, -0.25) is 14.3 Å². The first-order valence-electron chi connectivity index (χ1n) is 14.5. The fourth-order valence-corrected chi connectivity index (χ4v) is 6.23. The molecule has 2 aromatic carbocycles. The van der Waals surface area contributed by atoms with E-state index in [1.165, 1.54) is 47.3 Å². The molecule has 0 unspecified atom stereocenters. The predicted molar refractivity (Wildman–Crippen MR) is 170 cm³/mol. The van der Waals surface area contributed by atoms with E-state index in [1.807, 2.05) is 0 Å². The molecule has 4 N–H and O–H groups in total. The number of methoxy groups -OCH3 is 1. The topological polar surface area (TPSA) is 184 Å². The molecule has 1 amide bonds. The maximum atomic E-state index is 14.0. The zero-order valence-electron chi connectivity index (χ0n) is 25.6. The number of nitrogen functional groups attached to an aromatic ring is 1. The molecule has 0 aliphatic carbocycles. The summed E-state index contributed by atoms with van der Waals surface area (Å²) in [7, 11) is -2.75. The Balaban J connectivity index is 1.22. The Bertz CT molecular complexity index is 2140. The van der Waals surface area contributed by atoms with Crippen LogP contribution in [-0.2, 0) is 19.6 Å². The number of carbonyl (C=O) groups excluding carboxylic acids is 2. The van der Waals surface area contributed by atoms with Crippen LogP contribution in [0.4, 0.5) is 20.3 Å². The normalized spacial score (nSPS) is 13.5. The molecule has 5 aromatic rings. The number of aromatic nitrogens is 4. The molecule has 0 spiro atoms. The lowest BCUT2D eigenvalue weighted by Crippen LogP contribution is -2.44. The van der Waals surface area contributed by atoms with Gasteiger partial charge in [-0.1, -0.05) is 6.07 Å². The average Bonchev–Trinajstić information content (AvgIpc) is 3.65. The number of anilines is 2. The third-order valence-electron chi connectivity index (χ3n) is 7.59. The molecule has 48 heavy (non-hydrogen) atoms. The second-order valence-electron chi connectivity index (χ2n) is 10.8. The van der Waals surface area contributed by atoms with Gasteiger partial charge in [0.05, 0.1) is 55.3 Å². The highest BCUT2D eigenvalue weighted by Gasteiger charge is 2.26. The summed E-state index contributed by atoms with van der Waals surface area (Å²) in [6.07, 6.45) is 2.63. The molecular weight excluding hydrogens is 652 g/mol. The van der Waals surface area contributed by atoms with Gasteiger partial charge in [0.25, 0.3) is 0 Å². The standard InChI is InChI=1S/C31H29F2N7O7S/c1-17-10-27(47-30-20(32)4-3-5-21(30)33)35-15-25(17)40-31(34)19(14-36-40)29(42)24-11-18-12-26(45-2)23(13-22(18)37-24)38-48(43,44)16-28(41)39-6-8-46-9-7-39/h3-5,10-15,37-38H,6-9,16,34H2,1-2H3. The number of H-pyrrole nitrogens is 1. The number of nitrogens with two attached hydrogens (primary N) is 1. The van der Waals surface area contributed by atoms with Crippen LogP contribution in [0.15, 0.2) is 54.9 Å². The lowest BCUT2D eigenvalue weighted by Gasteiger charge is -2.26. The van der Waals surface area contributed by atoms with Gasteiger partial charge < -0.3 is 29.8 Å². The summed E-state index contributed by atoms with van der Waals surface area (Å²) >= 11 is 0. The van der Waals surface area contributed by atoms with Crippen molar-refractivity contribution in [2.45, 2.75) is 6.92 Å². The van der Waals surface area contributed by atoms with Gasteiger partial charge in [0, 0.05) is 30.1 Å². The fraction of sp³-hybridized carbons (Fsp3) is 0.226. The van der Waals surface area contributed by atoms with Crippen LogP contribution in [0, 0.1) is 18.6 Å². The van der Waals surface area contributed by atoms with E-state index in [4.69, 9.17) is 19.9 Å². The van der Waals surface area contributed by atoms with Gasteiger partial charge in [-0.2, -0.15) is 5.10 Å². The van der Waals surface area contributed by atoms with Crippen LogP contribution in [0.5, 0.6) is 17.4 Å². The van der Waals surface area contributed by atoms with Gasteiger partial charge in [0.2, 0.25) is 33.3 Å². The number of fused-ring (bicyclic) bond motifs is 1. The highest BCUT2D eigenvalue weighted by Crippen LogP contribution is 2.33. The summed E-state index contributed by atoms with van der Waals surface area (Å²) in [4.78, 5) is 34.6. The Morgan fingerprint density at radius 2 is 1.83 bits per heavy atom. The Morgan fingerprint density at radius 1 is 1.10 bits per heavy atom. The van der Waals surface area contributed by atoms with Crippen LogP contribution >= 0.6 is 0 Å². The molecule has 17 heteroatoms. The number of nitrogens with one attached hydrogen (secondary N) is 2. The first kappa shape index (κ1) is 32.4. The molecule has 0 radical (unpaired) electrons. The Hall–Kier alpha value is -5.55. The van der Waals surface area contributed by atoms with Crippen molar-refractivity contribution in [2.75, 3.05) is 49.6 Å².